The lowest BCUT2D eigenvalue weighted by atomic mass is 10.0. The molecule has 0 spiro atoms. The van der Waals surface area contributed by atoms with Crippen LogP contribution in [0.1, 0.15) is 22.5 Å². The fourth-order valence-corrected chi connectivity index (χ4v) is 4.75. The number of nitrogens with zero attached hydrogens (tertiary/aromatic N) is 3. The highest BCUT2D eigenvalue weighted by molar-refractivity contribution is 9.10. The third kappa shape index (κ3) is 2.97. The van der Waals surface area contributed by atoms with Gasteiger partial charge in [0.15, 0.2) is 5.65 Å². The summed E-state index contributed by atoms with van der Waals surface area (Å²) in [7, 11) is 1.72. The average molecular weight is 439 g/mol. The van der Waals surface area contributed by atoms with Gasteiger partial charge in [-0.3, -0.25) is 4.57 Å². The van der Waals surface area contributed by atoms with Crippen LogP contribution >= 0.6 is 15.9 Å². The molecule has 0 aliphatic rings. The molecule has 2 aromatic carbocycles. The van der Waals surface area contributed by atoms with E-state index in [-0.39, 0.29) is 0 Å². The smallest absolute Gasteiger partial charge is 0.151 e. The van der Waals surface area contributed by atoms with Gasteiger partial charge in [-0.1, -0.05) is 28.1 Å². The Balaban J connectivity index is 2.20. The summed E-state index contributed by atoms with van der Waals surface area (Å²) in [5.41, 5.74) is 13.0. The van der Waals surface area contributed by atoms with Crippen molar-refractivity contribution in [1.82, 2.24) is 14.5 Å². The van der Waals surface area contributed by atoms with Crippen molar-refractivity contribution in [3.63, 3.8) is 0 Å². The first kappa shape index (κ1) is 18.9. The molecule has 4 rings (SSSR count). The Kier molecular flexibility index (Phi) is 4.85. The monoisotopic (exact) mass is 438 g/mol. The van der Waals surface area contributed by atoms with Crippen LogP contribution in [0, 0.1) is 20.8 Å². The highest BCUT2D eigenvalue weighted by Crippen LogP contribution is 2.38. The van der Waals surface area contributed by atoms with Crippen molar-refractivity contribution in [2.24, 2.45) is 0 Å². The van der Waals surface area contributed by atoms with Crippen molar-refractivity contribution < 1.29 is 4.74 Å². The third-order valence-electron chi connectivity index (χ3n) is 5.12. The number of hydrogen-bond acceptors (Lipinski definition) is 4. The first-order valence-corrected chi connectivity index (χ1v) is 10.0. The summed E-state index contributed by atoms with van der Waals surface area (Å²) < 4.78 is 8.62. The van der Waals surface area contributed by atoms with E-state index in [1.807, 2.05) is 6.92 Å². The summed E-state index contributed by atoms with van der Waals surface area (Å²) >= 11 is 3.60. The summed E-state index contributed by atoms with van der Waals surface area (Å²) in [4.78, 5) is 9.26. The standard InChI is InChI=1S/C22H23BrN4O/c1-12-10-16(23)11-13(2)20(12)27-17-7-5-6-15(8-9-28-4)18(17)19-21(24)25-14(3)26-22(19)27/h5-7,10-11H,8-9H2,1-4H3,(H2,24,25,26). The Morgan fingerprint density at radius 1 is 1.07 bits per heavy atom. The second-order valence-corrected chi connectivity index (χ2v) is 8.05. The van der Waals surface area contributed by atoms with E-state index in [1.165, 1.54) is 16.7 Å². The van der Waals surface area contributed by atoms with Crippen molar-refractivity contribution in [1.29, 1.82) is 0 Å². The Labute approximate surface area is 172 Å². The molecule has 0 bridgehead atoms. The maximum absolute atomic E-state index is 6.41. The van der Waals surface area contributed by atoms with Gasteiger partial charge in [0.2, 0.25) is 0 Å². The van der Waals surface area contributed by atoms with Gasteiger partial charge in [-0.05, 0) is 62.1 Å². The van der Waals surface area contributed by atoms with Crippen molar-refractivity contribution in [3.8, 4) is 5.69 Å². The van der Waals surface area contributed by atoms with Gasteiger partial charge < -0.3 is 10.5 Å². The molecule has 0 aliphatic carbocycles. The molecular formula is C22H23BrN4O. The molecule has 144 valence electrons. The largest absolute Gasteiger partial charge is 0.384 e. The number of fused-ring (bicyclic) bond motifs is 3. The quantitative estimate of drug-likeness (QED) is 0.484. The van der Waals surface area contributed by atoms with Gasteiger partial charge in [-0.25, -0.2) is 9.97 Å². The zero-order chi connectivity index (χ0) is 20.0. The Morgan fingerprint density at radius 2 is 1.79 bits per heavy atom. The van der Waals surface area contributed by atoms with Gasteiger partial charge in [0.25, 0.3) is 0 Å². The van der Waals surface area contributed by atoms with Crippen LogP contribution in [0.2, 0.25) is 0 Å². The number of aromatic nitrogens is 3. The topological polar surface area (TPSA) is 66.0 Å². The predicted octanol–water partition coefficient (Wildman–Crippen LogP) is 5.03. The van der Waals surface area contributed by atoms with Crippen LogP contribution in [-0.4, -0.2) is 28.3 Å². The molecule has 0 saturated heterocycles. The zero-order valence-corrected chi connectivity index (χ0v) is 18.1. The minimum absolute atomic E-state index is 0.517. The zero-order valence-electron chi connectivity index (χ0n) is 16.5. The van der Waals surface area contributed by atoms with Crippen LogP contribution in [0.5, 0.6) is 0 Å². The molecule has 2 N–H and O–H groups in total. The van der Waals surface area contributed by atoms with Crippen LogP contribution in [-0.2, 0) is 11.2 Å². The number of nitrogen functional groups attached to an aromatic ring is 1. The Bertz CT molecular complexity index is 1190. The number of halogens is 1. The van der Waals surface area contributed by atoms with E-state index in [0.717, 1.165) is 38.5 Å². The lowest BCUT2D eigenvalue weighted by Gasteiger charge is -2.15. The van der Waals surface area contributed by atoms with Gasteiger partial charge >= 0.3 is 0 Å². The van der Waals surface area contributed by atoms with E-state index in [1.54, 1.807) is 7.11 Å². The summed E-state index contributed by atoms with van der Waals surface area (Å²) in [5.74, 6) is 1.18. The minimum Gasteiger partial charge on any atom is -0.384 e. The van der Waals surface area contributed by atoms with E-state index in [4.69, 9.17) is 15.5 Å². The SMILES string of the molecule is COCCc1cccc2c1c1c(N)nc(C)nc1n2-c1c(C)cc(Br)cc1C. The number of aryl methyl sites for hydroxylation is 3. The van der Waals surface area contributed by atoms with E-state index in [9.17, 15) is 0 Å². The summed E-state index contributed by atoms with van der Waals surface area (Å²) in [6.45, 7) is 6.77. The van der Waals surface area contributed by atoms with E-state index < -0.39 is 0 Å². The van der Waals surface area contributed by atoms with Crippen LogP contribution in [0.4, 0.5) is 5.82 Å². The number of methoxy groups -OCH3 is 1. The molecule has 0 aliphatic heterocycles. The first-order chi connectivity index (χ1) is 13.4. The minimum atomic E-state index is 0.517. The molecule has 6 heteroatoms. The van der Waals surface area contributed by atoms with Crippen LogP contribution in [0.3, 0.4) is 0 Å². The van der Waals surface area contributed by atoms with E-state index in [2.05, 4.69) is 69.7 Å². The molecule has 0 fully saturated rings. The lowest BCUT2D eigenvalue weighted by molar-refractivity contribution is 0.202. The number of benzene rings is 2. The lowest BCUT2D eigenvalue weighted by Crippen LogP contribution is -2.03. The second-order valence-electron chi connectivity index (χ2n) is 7.13. The predicted molar refractivity (Wildman–Crippen MR) is 118 cm³/mol. The molecule has 0 amide bonds. The van der Waals surface area contributed by atoms with Gasteiger partial charge in [0.1, 0.15) is 11.6 Å². The van der Waals surface area contributed by atoms with Gasteiger partial charge in [0.05, 0.1) is 23.2 Å². The molecule has 0 saturated carbocycles. The third-order valence-corrected chi connectivity index (χ3v) is 5.57. The Hall–Kier alpha value is -2.44. The van der Waals surface area contributed by atoms with Crippen LogP contribution in [0.25, 0.3) is 27.6 Å². The van der Waals surface area contributed by atoms with Crippen molar-refractivity contribution in [2.75, 3.05) is 19.5 Å². The van der Waals surface area contributed by atoms with Crippen LogP contribution < -0.4 is 5.73 Å². The normalized spacial score (nSPS) is 11.6. The molecule has 5 nitrogen and oxygen atoms in total. The molecule has 2 heterocycles. The number of rotatable bonds is 4. The Morgan fingerprint density at radius 3 is 2.46 bits per heavy atom. The number of anilines is 1. The molecule has 4 aromatic rings. The maximum Gasteiger partial charge on any atom is 0.151 e. The molecule has 0 unspecified atom stereocenters. The number of hydrogen-bond donors (Lipinski definition) is 1. The van der Waals surface area contributed by atoms with E-state index in [0.29, 0.717) is 18.2 Å². The average Bonchev–Trinajstić information content (AvgIpc) is 2.94. The maximum atomic E-state index is 6.41. The fraction of sp³-hybridized carbons (Fsp3) is 0.273. The molecule has 0 radical (unpaired) electrons. The first-order valence-electron chi connectivity index (χ1n) is 9.24. The highest BCUT2D eigenvalue weighted by atomic mass is 79.9. The molecule has 2 aromatic heterocycles. The highest BCUT2D eigenvalue weighted by Gasteiger charge is 2.21. The van der Waals surface area contributed by atoms with Crippen molar-refractivity contribution in [2.45, 2.75) is 27.2 Å². The van der Waals surface area contributed by atoms with Gasteiger partial charge in [-0.15, -0.1) is 0 Å². The number of nitrogens with two attached hydrogens (primary N) is 1. The molecule has 28 heavy (non-hydrogen) atoms. The van der Waals surface area contributed by atoms with Crippen molar-refractivity contribution >= 4 is 43.7 Å². The van der Waals surface area contributed by atoms with Crippen molar-refractivity contribution in [3.05, 3.63) is 57.3 Å². The summed E-state index contributed by atoms with van der Waals surface area (Å²) in [6.07, 6.45) is 0.804. The van der Waals surface area contributed by atoms with Crippen LogP contribution in [0.15, 0.2) is 34.8 Å². The van der Waals surface area contributed by atoms with E-state index >= 15 is 0 Å². The fourth-order valence-electron chi connectivity index (χ4n) is 4.06. The van der Waals surface area contributed by atoms with Gasteiger partial charge in [0, 0.05) is 17.0 Å². The molecule has 0 atom stereocenters. The summed E-state index contributed by atoms with van der Waals surface area (Å²) in [6, 6.07) is 10.6. The molecular weight excluding hydrogens is 416 g/mol. The van der Waals surface area contributed by atoms with Gasteiger partial charge in [-0.2, -0.15) is 0 Å². The second kappa shape index (κ2) is 7.18. The summed E-state index contributed by atoms with van der Waals surface area (Å²) in [5, 5.41) is 2.02. The number of ether oxygens (including phenoxy) is 1.